The zero-order valence-electron chi connectivity index (χ0n) is 16.9. The number of nitrogens with one attached hydrogen (secondary N) is 1. The lowest BCUT2D eigenvalue weighted by molar-refractivity contribution is -0.122. The number of rotatable bonds is 4. The topological polar surface area (TPSA) is 72.2 Å². The molecule has 1 N–H and O–H groups in total. The highest BCUT2D eigenvalue weighted by Crippen LogP contribution is 2.33. The molecule has 1 aliphatic rings. The van der Waals surface area contributed by atoms with Crippen LogP contribution in [-0.2, 0) is 23.2 Å². The summed E-state index contributed by atoms with van der Waals surface area (Å²) in [5.41, 5.74) is 3.58. The molecule has 156 valence electrons. The van der Waals surface area contributed by atoms with Gasteiger partial charge in [0.2, 0.25) is 11.8 Å². The molecule has 0 bridgehead atoms. The number of para-hydroxylation sites is 2. The number of aromatic nitrogens is 3. The molecule has 0 radical (unpaired) electrons. The van der Waals surface area contributed by atoms with Crippen molar-refractivity contribution in [2.45, 2.75) is 13.0 Å². The Balaban J connectivity index is 1.46. The fourth-order valence-electron chi connectivity index (χ4n) is 4.00. The van der Waals surface area contributed by atoms with Crippen LogP contribution in [0.2, 0.25) is 0 Å². The molecule has 0 spiro atoms. The Bertz CT molecular complexity index is 1320. The van der Waals surface area contributed by atoms with Crippen molar-refractivity contribution < 1.29 is 9.59 Å². The number of benzene rings is 2. The molecule has 0 fully saturated rings. The third kappa shape index (κ3) is 3.53. The molecular weight excluding hydrogens is 458 g/mol. The molecule has 2 amide bonds. The predicted octanol–water partition coefficient (Wildman–Crippen LogP) is 4.18. The summed E-state index contributed by atoms with van der Waals surface area (Å²) in [5.74, 6) is 0.294. The van der Waals surface area contributed by atoms with E-state index in [1.807, 2.05) is 60.4 Å². The lowest BCUT2D eigenvalue weighted by Crippen LogP contribution is -2.42. The van der Waals surface area contributed by atoms with E-state index < -0.39 is 0 Å². The third-order valence-corrected chi connectivity index (χ3v) is 6.19. The number of amides is 2. The predicted molar refractivity (Wildman–Crippen MR) is 124 cm³/mol. The van der Waals surface area contributed by atoms with Gasteiger partial charge < -0.3 is 9.88 Å². The average molecular weight is 478 g/mol. The summed E-state index contributed by atoms with van der Waals surface area (Å²) in [4.78, 5) is 26.9. The van der Waals surface area contributed by atoms with E-state index >= 15 is 0 Å². The number of halogens is 1. The summed E-state index contributed by atoms with van der Waals surface area (Å²) >= 11 is 3.43. The first kappa shape index (κ1) is 19.6. The third-order valence-electron chi connectivity index (χ3n) is 5.50. The van der Waals surface area contributed by atoms with Gasteiger partial charge >= 0.3 is 0 Å². The van der Waals surface area contributed by atoms with Crippen molar-refractivity contribution in [3.63, 3.8) is 0 Å². The Morgan fingerprint density at radius 2 is 1.94 bits per heavy atom. The zero-order valence-corrected chi connectivity index (χ0v) is 18.5. The maximum Gasteiger partial charge on any atom is 0.244 e. The molecule has 0 saturated carbocycles. The minimum Gasteiger partial charge on any atom is -0.350 e. The van der Waals surface area contributed by atoms with Gasteiger partial charge in [0.1, 0.15) is 12.4 Å². The van der Waals surface area contributed by atoms with Gasteiger partial charge in [0.25, 0.3) is 0 Å². The summed E-state index contributed by atoms with van der Waals surface area (Å²) in [6.45, 7) is 0.433. The maximum absolute atomic E-state index is 12.7. The summed E-state index contributed by atoms with van der Waals surface area (Å²) in [5, 5.41) is 8.71. The van der Waals surface area contributed by atoms with Crippen LogP contribution in [0.4, 0.5) is 11.5 Å². The Kier molecular flexibility index (Phi) is 4.86. The lowest BCUT2D eigenvalue weighted by atomic mass is 10.1. The largest absolute Gasteiger partial charge is 0.350 e. The molecule has 0 atom stereocenters. The first-order chi connectivity index (χ1) is 15.0. The number of fused-ring (bicyclic) bond motifs is 2. The first-order valence-corrected chi connectivity index (χ1v) is 10.8. The molecule has 2 aromatic carbocycles. The van der Waals surface area contributed by atoms with Crippen molar-refractivity contribution in [3.8, 4) is 11.3 Å². The van der Waals surface area contributed by atoms with Crippen LogP contribution in [0.15, 0.2) is 65.3 Å². The van der Waals surface area contributed by atoms with Gasteiger partial charge in [-0.25, -0.2) is 4.68 Å². The van der Waals surface area contributed by atoms with Crippen molar-refractivity contribution in [1.82, 2.24) is 14.3 Å². The van der Waals surface area contributed by atoms with E-state index in [4.69, 9.17) is 5.10 Å². The minimum absolute atomic E-state index is 0.0686. The molecule has 0 unspecified atom stereocenters. The second kappa shape index (κ2) is 7.70. The van der Waals surface area contributed by atoms with Crippen LogP contribution in [0.3, 0.4) is 0 Å². The van der Waals surface area contributed by atoms with Crippen LogP contribution in [0.5, 0.6) is 0 Å². The van der Waals surface area contributed by atoms with Gasteiger partial charge in [-0.1, -0.05) is 30.3 Å². The molecule has 7 nitrogen and oxygen atoms in total. The summed E-state index contributed by atoms with van der Waals surface area (Å²) in [6, 6.07) is 17.4. The van der Waals surface area contributed by atoms with E-state index in [-0.39, 0.29) is 18.4 Å². The first-order valence-electron chi connectivity index (χ1n) is 9.98. The Labute approximate surface area is 187 Å². The summed E-state index contributed by atoms with van der Waals surface area (Å²) in [6.07, 6.45) is 2.36. The van der Waals surface area contributed by atoms with Crippen LogP contribution in [0, 0.1) is 0 Å². The van der Waals surface area contributed by atoms with E-state index in [0.717, 1.165) is 26.6 Å². The van der Waals surface area contributed by atoms with E-state index in [1.165, 1.54) is 4.90 Å². The second-order valence-electron chi connectivity index (χ2n) is 7.54. The molecule has 2 aromatic heterocycles. The summed E-state index contributed by atoms with van der Waals surface area (Å²) in [7, 11) is 2.00. The van der Waals surface area contributed by atoms with Gasteiger partial charge in [0, 0.05) is 46.7 Å². The maximum atomic E-state index is 12.7. The van der Waals surface area contributed by atoms with Crippen molar-refractivity contribution in [2.24, 2.45) is 7.05 Å². The monoisotopic (exact) mass is 477 g/mol. The van der Waals surface area contributed by atoms with Gasteiger partial charge in [0.05, 0.1) is 17.9 Å². The normalized spacial score (nSPS) is 13.5. The van der Waals surface area contributed by atoms with Crippen LogP contribution in [0.1, 0.15) is 6.42 Å². The number of carbonyl (C=O) groups excluding carboxylic acids is 2. The number of aryl methyl sites for hydroxylation is 2. The fraction of sp³-hybridized carbons (Fsp3) is 0.174. The highest BCUT2D eigenvalue weighted by Gasteiger charge is 2.29. The highest BCUT2D eigenvalue weighted by molar-refractivity contribution is 9.10. The molecule has 0 aliphatic carbocycles. The van der Waals surface area contributed by atoms with Crippen molar-refractivity contribution in [1.29, 1.82) is 0 Å². The van der Waals surface area contributed by atoms with E-state index in [0.29, 0.717) is 24.5 Å². The Hall–Kier alpha value is -3.39. The van der Waals surface area contributed by atoms with Crippen LogP contribution >= 0.6 is 15.9 Å². The number of carbonyl (C=O) groups is 2. The molecular formula is C23H20BrN5O2. The Morgan fingerprint density at radius 3 is 2.77 bits per heavy atom. The quantitative estimate of drug-likeness (QED) is 0.479. The van der Waals surface area contributed by atoms with Gasteiger partial charge in [-0.15, -0.1) is 0 Å². The molecule has 1 aliphatic heterocycles. The average Bonchev–Trinajstić information content (AvgIpc) is 3.34. The van der Waals surface area contributed by atoms with Gasteiger partial charge in [-0.2, -0.15) is 5.10 Å². The van der Waals surface area contributed by atoms with Crippen molar-refractivity contribution in [3.05, 3.63) is 65.3 Å². The van der Waals surface area contributed by atoms with Gasteiger partial charge in [-0.3, -0.25) is 14.5 Å². The smallest absolute Gasteiger partial charge is 0.244 e. The van der Waals surface area contributed by atoms with Crippen LogP contribution in [0.25, 0.3) is 22.2 Å². The minimum atomic E-state index is -0.262. The zero-order chi connectivity index (χ0) is 21.5. The standard InChI is InChI=1S/C23H20BrN5O2/c1-27-13-16(15-6-2-5-9-20(15)27)19-12-22-28(23(31)10-11-29(22)26-19)14-21(30)25-18-8-4-3-7-17(18)24/h2-9,12-13H,10-11,14H2,1H3,(H,25,30). The van der Waals surface area contributed by atoms with E-state index in [2.05, 4.69) is 37.9 Å². The van der Waals surface area contributed by atoms with Crippen molar-refractivity contribution in [2.75, 3.05) is 16.8 Å². The number of anilines is 2. The van der Waals surface area contributed by atoms with Crippen LogP contribution in [-0.4, -0.2) is 32.7 Å². The second-order valence-corrected chi connectivity index (χ2v) is 8.39. The lowest BCUT2D eigenvalue weighted by Gasteiger charge is -2.26. The van der Waals surface area contributed by atoms with Crippen molar-refractivity contribution >= 4 is 50.2 Å². The Morgan fingerprint density at radius 1 is 1.16 bits per heavy atom. The molecule has 8 heteroatoms. The fourth-order valence-corrected chi connectivity index (χ4v) is 4.38. The highest BCUT2D eigenvalue weighted by atomic mass is 79.9. The van der Waals surface area contributed by atoms with E-state index in [9.17, 15) is 9.59 Å². The molecule has 4 aromatic rings. The molecule has 31 heavy (non-hydrogen) atoms. The van der Waals surface area contributed by atoms with E-state index in [1.54, 1.807) is 0 Å². The molecule has 3 heterocycles. The van der Waals surface area contributed by atoms with Gasteiger partial charge in [-0.05, 0) is 34.1 Å². The molecule has 5 rings (SSSR count). The van der Waals surface area contributed by atoms with Gasteiger partial charge in [0.15, 0.2) is 0 Å². The number of hydrogen-bond donors (Lipinski definition) is 1. The van der Waals surface area contributed by atoms with Crippen LogP contribution < -0.4 is 10.2 Å². The summed E-state index contributed by atoms with van der Waals surface area (Å²) < 4.78 is 4.66. The SMILES string of the molecule is Cn1cc(-c2cc3n(n2)CCC(=O)N3CC(=O)Nc2ccccc2Br)c2ccccc21. The number of hydrogen-bond acceptors (Lipinski definition) is 3. The molecule has 0 saturated heterocycles. The number of nitrogens with zero attached hydrogens (tertiary/aromatic N) is 4.